The molecule has 0 bridgehead atoms. The summed E-state index contributed by atoms with van der Waals surface area (Å²) < 4.78 is 36.8. The number of fused-ring (bicyclic) bond motifs is 1. The maximum Gasteiger partial charge on any atom is 0.243 e. The number of rotatable bonds is 8. The number of carbonyl (C=O) groups is 1. The van der Waals surface area contributed by atoms with E-state index >= 15 is 0 Å². The second-order valence-electron chi connectivity index (χ2n) is 6.57. The van der Waals surface area contributed by atoms with Crippen molar-refractivity contribution in [3.05, 3.63) is 54.1 Å². The molecule has 9 heteroatoms. The lowest BCUT2D eigenvalue weighted by atomic mass is 10.1. The van der Waals surface area contributed by atoms with Gasteiger partial charge in [0, 0.05) is 6.04 Å². The number of hydrogen-bond donors (Lipinski definition) is 2. The molecule has 0 saturated carbocycles. The highest BCUT2D eigenvalue weighted by Gasteiger charge is 2.28. The third-order valence-corrected chi connectivity index (χ3v) is 6.48. The molecule has 1 aromatic heterocycles. The number of carbonyl (C=O) groups excluding carboxylic acids is 1. The van der Waals surface area contributed by atoms with Gasteiger partial charge in [0.05, 0.1) is 11.7 Å². The highest BCUT2D eigenvalue weighted by molar-refractivity contribution is 7.89. The van der Waals surface area contributed by atoms with Crippen LogP contribution >= 0.6 is 11.7 Å². The summed E-state index contributed by atoms with van der Waals surface area (Å²) in [5.41, 5.74) is 1.68. The molecule has 3 aromatic rings. The molecule has 1 heterocycles. The van der Waals surface area contributed by atoms with Gasteiger partial charge in [0.15, 0.2) is 0 Å². The van der Waals surface area contributed by atoms with Crippen molar-refractivity contribution in [2.75, 3.05) is 0 Å². The summed E-state index contributed by atoms with van der Waals surface area (Å²) in [6, 6.07) is 13.1. The maximum atomic E-state index is 13.1. The van der Waals surface area contributed by atoms with E-state index in [0.29, 0.717) is 11.0 Å². The Morgan fingerprint density at radius 2 is 1.86 bits per heavy atom. The van der Waals surface area contributed by atoms with Crippen LogP contribution in [0.1, 0.15) is 25.8 Å². The number of nitrogens with one attached hydrogen (secondary N) is 2. The lowest BCUT2D eigenvalue weighted by molar-refractivity contribution is -0.123. The summed E-state index contributed by atoms with van der Waals surface area (Å²) in [4.78, 5) is 12.8. The molecule has 1 amide bonds. The second-order valence-corrected chi connectivity index (χ2v) is 8.78. The van der Waals surface area contributed by atoms with Crippen molar-refractivity contribution in [3.8, 4) is 0 Å². The minimum Gasteiger partial charge on any atom is -0.352 e. The minimum absolute atomic E-state index is 0.0214. The molecule has 0 radical (unpaired) electrons. The van der Waals surface area contributed by atoms with Crippen LogP contribution in [0.3, 0.4) is 0 Å². The molecule has 2 atom stereocenters. The molecule has 0 aliphatic carbocycles. The molecule has 0 fully saturated rings. The largest absolute Gasteiger partial charge is 0.352 e. The molecule has 7 nitrogen and oxygen atoms in total. The van der Waals surface area contributed by atoms with Gasteiger partial charge in [-0.3, -0.25) is 4.79 Å². The zero-order chi connectivity index (χ0) is 20.1. The van der Waals surface area contributed by atoms with Crippen LogP contribution in [0.5, 0.6) is 0 Å². The molecule has 0 spiro atoms. The SMILES string of the molecule is CC[C@H](C)NC(=O)[C@@H](Cc1ccccc1)NS(=O)(=O)c1cccc2nsnc12. The van der Waals surface area contributed by atoms with E-state index in [-0.39, 0.29) is 23.3 Å². The normalized spacial score (nSPS) is 13.9. The molecule has 0 aliphatic heterocycles. The van der Waals surface area contributed by atoms with Crippen molar-refractivity contribution >= 4 is 38.7 Å². The predicted molar refractivity (Wildman–Crippen MR) is 110 cm³/mol. The summed E-state index contributed by atoms with van der Waals surface area (Å²) in [7, 11) is -3.97. The molecular weight excluding hydrogens is 396 g/mol. The number of benzene rings is 2. The summed E-state index contributed by atoms with van der Waals surface area (Å²) in [6.07, 6.45) is 0.994. The lowest BCUT2D eigenvalue weighted by Gasteiger charge is -2.21. The Morgan fingerprint density at radius 1 is 1.11 bits per heavy atom. The van der Waals surface area contributed by atoms with Crippen LogP contribution in [-0.2, 0) is 21.2 Å². The Labute approximate surface area is 168 Å². The van der Waals surface area contributed by atoms with Crippen LogP contribution in [0.15, 0.2) is 53.4 Å². The van der Waals surface area contributed by atoms with E-state index in [1.54, 1.807) is 12.1 Å². The van der Waals surface area contributed by atoms with Gasteiger partial charge in [-0.05, 0) is 37.5 Å². The molecule has 3 rings (SSSR count). The molecule has 0 unspecified atom stereocenters. The van der Waals surface area contributed by atoms with Crippen molar-refractivity contribution in [1.82, 2.24) is 18.8 Å². The summed E-state index contributed by atoms with van der Waals surface area (Å²) in [5.74, 6) is -0.356. The first-order valence-corrected chi connectivity index (χ1v) is 11.2. The van der Waals surface area contributed by atoms with Gasteiger partial charge in [0.1, 0.15) is 22.0 Å². The average molecular weight is 419 g/mol. The van der Waals surface area contributed by atoms with Crippen molar-refractivity contribution in [1.29, 1.82) is 0 Å². The van der Waals surface area contributed by atoms with Crippen molar-refractivity contribution < 1.29 is 13.2 Å². The quantitative estimate of drug-likeness (QED) is 0.585. The van der Waals surface area contributed by atoms with Gasteiger partial charge in [-0.2, -0.15) is 13.5 Å². The van der Waals surface area contributed by atoms with Crippen LogP contribution in [0.25, 0.3) is 11.0 Å². The van der Waals surface area contributed by atoms with E-state index in [1.807, 2.05) is 44.2 Å². The van der Waals surface area contributed by atoms with Crippen molar-refractivity contribution in [2.24, 2.45) is 0 Å². The monoisotopic (exact) mass is 418 g/mol. The van der Waals surface area contributed by atoms with Gasteiger partial charge >= 0.3 is 0 Å². The summed E-state index contributed by atoms with van der Waals surface area (Å²) in [5, 5.41) is 2.86. The fourth-order valence-corrected chi connectivity index (χ4v) is 4.69. The summed E-state index contributed by atoms with van der Waals surface area (Å²) in [6.45, 7) is 3.84. The van der Waals surface area contributed by atoms with Crippen LogP contribution in [-0.4, -0.2) is 35.2 Å². The van der Waals surface area contributed by atoms with Gasteiger partial charge in [0.2, 0.25) is 15.9 Å². The molecule has 28 heavy (non-hydrogen) atoms. The fraction of sp³-hybridized carbons (Fsp3) is 0.316. The average Bonchev–Trinajstić information content (AvgIpc) is 3.16. The van der Waals surface area contributed by atoms with E-state index in [4.69, 9.17) is 0 Å². The zero-order valence-electron chi connectivity index (χ0n) is 15.6. The predicted octanol–water partition coefficient (Wildman–Crippen LogP) is 2.50. The Kier molecular flexibility index (Phi) is 6.38. The fourth-order valence-electron chi connectivity index (χ4n) is 2.73. The second kappa shape index (κ2) is 8.76. The molecular formula is C19H22N4O3S2. The standard InChI is InChI=1S/C19H22N4O3S2/c1-3-13(2)20-19(24)16(12-14-8-5-4-6-9-14)23-28(25,26)17-11-7-10-15-18(17)22-27-21-15/h4-11,13,16,23H,3,12H2,1-2H3,(H,20,24)/t13-,16+/m0/s1. The van der Waals surface area contributed by atoms with Crippen LogP contribution in [0.2, 0.25) is 0 Å². The smallest absolute Gasteiger partial charge is 0.243 e. The van der Waals surface area contributed by atoms with Crippen LogP contribution in [0.4, 0.5) is 0 Å². The van der Waals surface area contributed by atoms with Gasteiger partial charge in [-0.1, -0.05) is 43.3 Å². The van der Waals surface area contributed by atoms with E-state index in [2.05, 4.69) is 18.8 Å². The number of sulfonamides is 1. The highest BCUT2D eigenvalue weighted by atomic mass is 32.2. The van der Waals surface area contributed by atoms with Gasteiger partial charge < -0.3 is 5.32 Å². The number of amides is 1. The molecule has 0 saturated heterocycles. The Hall–Kier alpha value is -2.36. The topological polar surface area (TPSA) is 101 Å². The van der Waals surface area contributed by atoms with E-state index < -0.39 is 16.1 Å². The first kappa shape index (κ1) is 20.4. The zero-order valence-corrected chi connectivity index (χ0v) is 17.3. The lowest BCUT2D eigenvalue weighted by Crippen LogP contribution is -2.50. The van der Waals surface area contributed by atoms with Crippen LogP contribution in [0, 0.1) is 0 Å². The highest BCUT2D eigenvalue weighted by Crippen LogP contribution is 2.21. The minimum atomic E-state index is -3.97. The molecule has 2 aromatic carbocycles. The van der Waals surface area contributed by atoms with Crippen molar-refractivity contribution in [2.45, 2.75) is 43.7 Å². The Balaban J connectivity index is 1.91. The number of nitrogens with zero attached hydrogens (tertiary/aromatic N) is 2. The molecule has 2 N–H and O–H groups in total. The van der Waals surface area contributed by atoms with Gasteiger partial charge in [-0.25, -0.2) is 8.42 Å². The third-order valence-electron chi connectivity index (χ3n) is 4.44. The van der Waals surface area contributed by atoms with E-state index in [9.17, 15) is 13.2 Å². The number of aromatic nitrogens is 2. The van der Waals surface area contributed by atoms with E-state index in [1.165, 1.54) is 6.07 Å². The first-order chi connectivity index (χ1) is 13.4. The van der Waals surface area contributed by atoms with Crippen molar-refractivity contribution in [3.63, 3.8) is 0 Å². The van der Waals surface area contributed by atoms with Gasteiger partial charge in [-0.15, -0.1) is 0 Å². The summed E-state index contributed by atoms with van der Waals surface area (Å²) >= 11 is 0.951. The molecule has 0 aliphatic rings. The molecule has 148 valence electrons. The van der Waals surface area contributed by atoms with Gasteiger partial charge in [0.25, 0.3) is 0 Å². The Bertz CT molecular complexity index is 1050. The Morgan fingerprint density at radius 3 is 2.57 bits per heavy atom. The maximum absolute atomic E-state index is 13.1. The van der Waals surface area contributed by atoms with E-state index in [0.717, 1.165) is 23.7 Å². The number of hydrogen-bond acceptors (Lipinski definition) is 6. The van der Waals surface area contributed by atoms with Crippen LogP contribution < -0.4 is 10.0 Å². The first-order valence-electron chi connectivity index (χ1n) is 8.98. The third kappa shape index (κ3) is 4.73.